The van der Waals surface area contributed by atoms with Gasteiger partial charge in [-0.05, 0) is 72.6 Å². The summed E-state index contributed by atoms with van der Waals surface area (Å²) in [7, 11) is 0. The molecule has 1 unspecified atom stereocenters. The Labute approximate surface area is 277 Å². The Bertz CT molecular complexity index is 2650. The molecule has 0 saturated heterocycles. The molecule has 0 radical (unpaired) electrons. The van der Waals surface area contributed by atoms with Gasteiger partial charge in [0.1, 0.15) is 17.2 Å². The maximum Gasteiger partial charge on any atom is 0.138 e. The lowest BCUT2D eigenvalue weighted by Gasteiger charge is -2.24. The highest BCUT2D eigenvalue weighted by molar-refractivity contribution is 6.19. The van der Waals surface area contributed by atoms with Crippen molar-refractivity contribution >= 4 is 60.1 Å². The van der Waals surface area contributed by atoms with E-state index in [1.165, 1.54) is 38.2 Å². The zero-order valence-electron chi connectivity index (χ0n) is 26.1. The van der Waals surface area contributed by atoms with Crippen LogP contribution in [0, 0.1) is 5.82 Å². The first-order valence-electron chi connectivity index (χ1n) is 16.6. The topological polar surface area (TPSA) is 13.1 Å². The predicted molar refractivity (Wildman–Crippen MR) is 199 cm³/mol. The molecule has 0 fully saturated rings. The number of hydrogen-bond donors (Lipinski definition) is 0. The van der Waals surface area contributed by atoms with Crippen LogP contribution in [-0.4, -0.2) is 0 Å². The zero-order chi connectivity index (χ0) is 31.8. The maximum atomic E-state index is 15.9. The van der Waals surface area contributed by atoms with Crippen molar-refractivity contribution in [3.05, 3.63) is 174 Å². The summed E-state index contributed by atoms with van der Waals surface area (Å²) >= 11 is 0. The van der Waals surface area contributed by atoms with Crippen molar-refractivity contribution in [3.8, 4) is 22.3 Å². The minimum absolute atomic E-state index is 0.0200. The van der Waals surface area contributed by atoms with Crippen molar-refractivity contribution in [1.82, 2.24) is 0 Å². The highest BCUT2D eigenvalue weighted by Gasteiger charge is 2.31. The van der Waals surface area contributed by atoms with Gasteiger partial charge in [-0.15, -0.1) is 0 Å². The van der Waals surface area contributed by atoms with Crippen LogP contribution in [0.3, 0.4) is 0 Å². The smallest absolute Gasteiger partial charge is 0.138 e. The molecule has 1 atom stereocenters. The Morgan fingerprint density at radius 2 is 1.02 bits per heavy atom. The third-order valence-electron chi connectivity index (χ3n) is 10.3. The van der Waals surface area contributed by atoms with Crippen LogP contribution in [0.15, 0.2) is 156 Å². The molecule has 226 valence electrons. The van der Waals surface area contributed by atoms with Crippen molar-refractivity contribution in [2.75, 3.05) is 0 Å². The van der Waals surface area contributed by atoms with E-state index in [1.54, 1.807) is 0 Å². The predicted octanol–water partition coefficient (Wildman–Crippen LogP) is 13.1. The van der Waals surface area contributed by atoms with E-state index in [9.17, 15) is 0 Å². The van der Waals surface area contributed by atoms with Gasteiger partial charge in [-0.2, -0.15) is 0 Å². The van der Waals surface area contributed by atoms with E-state index in [1.807, 2.05) is 48.5 Å². The molecule has 8 aromatic carbocycles. The van der Waals surface area contributed by atoms with Gasteiger partial charge in [-0.25, -0.2) is 4.39 Å². The fourth-order valence-corrected chi connectivity index (χ4v) is 8.32. The van der Waals surface area contributed by atoms with Crippen molar-refractivity contribution < 1.29 is 8.81 Å². The molecule has 9 aromatic rings. The number of benzene rings is 8. The minimum atomic E-state index is -0.177. The lowest BCUT2D eigenvalue weighted by Crippen LogP contribution is -2.06. The molecular formula is C46H29FO. The van der Waals surface area contributed by atoms with E-state index in [4.69, 9.17) is 4.42 Å². The Morgan fingerprint density at radius 3 is 1.62 bits per heavy atom. The van der Waals surface area contributed by atoms with E-state index in [0.29, 0.717) is 10.8 Å². The first-order chi connectivity index (χ1) is 23.8. The molecule has 0 N–H and O–H groups in total. The summed E-state index contributed by atoms with van der Waals surface area (Å²) in [5, 5.41) is 9.13. The average Bonchev–Trinajstić information content (AvgIpc) is 3.54. The zero-order valence-corrected chi connectivity index (χ0v) is 26.1. The molecule has 0 spiro atoms. The standard InChI is InChI=1S/C46H29FO/c47-45-35-22-10-8-20-33(35)42(34-21-9-11-23-36(34)45)37-24-13-27-40-44(37)39-26-12-25-38(46(39)48-40)43-31-18-6-4-16-29(31)41(28-14-2-1-3-15-28)30-17-5-7-19-32(30)43/h1-24,26-27,38H,25H2. The van der Waals surface area contributed by atoms with Gasteiger partial charge in [0, 0.05) is 27.6 Å². The van der Waals surface area contributed by atoms with Crippen LogP contribution in [0.25, 0.3) is 82.4 Å². The van der Waals surface area contributed by atoms with Crippen molar-refractivity contribution in [2.24, 2.45) is 0 Å². The molecule has 0 aliphatic heterocycles. The van der Waals surface area contributed by atoms with Crippen LogP contribution in [0.4, 0.5) is 4.39 Å². The van der Waals surface area contributed by atoms with E-state index in [2.05, 4.69) is 109 Å². The monoisotopic (exact) mass is 616 g/mol. The second-order valence-electron chi connectivity index (χ2n) is 12.8. The van der Waals surface area contributed by atoms with Crippen molar-refractivity contribution in [2.45, 2.75) is 12.3 Å². The lowest BCUT2D eigenvalue weighted by molar-refractivity contribution is 0.519. The average molecular weight is 617 g/mol. The highest BCUT2D eigenvalue weighted by atomic mass is 19.1. The minimum Gasteiger partial charge on any atom is -0.460 e. The van der Waals surface area contributed by atoms with Gasteiger partial charge < -0.3 is 4.42 Å². The molecule has 1 aliphatic rings. The third-order valence-corrected chi connectivity index (χ3v) is 10.3. The highest BCUT2D eigenvalue weighted by Crippen LogP contribution is 2.50. The number of hydrogen-bond acceptors (Lipinski definition) is 1. The first kappa shape index (κ1) is 27.2. The van der Waals surface area contributed by atoms with Crippen molar-refractivity contribution in [3.63, 3.8) is 0 Å². The number of furan rings is 1. The van der Waals surface area contributed by atoms with Gasteiger partial charge in [0.15, 0.2) is 0 Å². The summed E-state index contributed by atoms with van der Waals surface area (Å²) in [6.45, 7) is 0. The summed E-state index contributed by atoms with van der Waals surface area (Å²) in [6, 6.07) is 50.3. The molecule has 1 aliphatic carbocycles. The summed E-state index contributed by atoms with van der Waals surface area (Å²) in [6.07, 6.45) is 5.37. The Morgan fingerprint density at radius 1 is 0.500 bits per heavy atom. The van der Waals surface area contributed by atoms with Crippen LogP contribution < -0.4 is 0 Å². The molecule has 1 aromatic heterocycles. The fourth-order valence-electron chi connectivity index (χ4n) is 8.32. The Balaban J connectivity index is 1.28. The van der Waals surface area contributed by atoms with Gasteiger partial charge >= 0.3 is 0 Å². The molecule has 1 heterocycles. The largest absolute Gasteiger partial charge is 0.460 e. The summed E-state index contributed by atoms with van der Waals surface area (Å²) in [5.74, 6) is 0.828. The Hall–Kier alpha value is -5.99. The van der Waals surface area contributed by atoms with Gasteiger partial charge in [0.05, 0.1) is 0 Å². The molecule has 2 heteroatoms. The maximum absolute atomic E-state index is 15.9. The van der Waals surface area contributed by atoms with Crippen molar-refractivity contribution in [1.29, 1.82) is 0 Å². The van der Waals surface area contributed by atoms with Gasteiger partial charge in [0.2, 0.25) is 0 Å². The van der Waals surface area contributed by atoms with Crippen LogP contribution in [0.5, 0.6) is 0 Å². The summed E-state index contributed by atoms with van der Waals surface area (Å²) < 4.78 is 22.8. The molecule has 10 rings (SSSR count). The molecule has 1 nitrogen and oxygen atoms in total. The molecule has 0 saturated carbocycles. The quantitative estimate of drug-likeness (QED) is 0.180. The molecule has 48 heavy (non-hydrogen) atoms. The van der Waals surface area contributed by atoms with Gasteiger partial charge in [-0.3, -0.25) is 0 Å². The number of halogens is 1. The number of rotatable bonds is 3. The van der Waals surface area contributed by atoms with Gasteiger partial charge in [0.25, 0.3) is 0 Å². The first-order valence-corrected chi connectivity index (χ1v) is 16.6. The lowest BCUT2D eigenvalue weighted by atomic mass is 9.79. The Kier molecular flexibility index (Phi) is 5.95. The number of fused-ring (bicyclic) bond motifs is 7. The summed E-state index contributed by atoms with van der Waals surface area (Å²) in [4.78, 5) is 0. The molecule has 0 bridgehead atoms. The fraction of sp³-hybridized carbons (Fsp3) is 0.0435. The van der Waals surface area contributed by atoms with Crippen LogP contribution in [0.2, 0.25) is 0 Å². The number of allylic oxidation sites excluding steroid dienone is 1. The third kappa shape index (κ3) is 3.83. The van der Waals surface area contributed by atoms with Crippen LogP contribution >= 0.6 is 0 Å². The van der Waals surface area contributed by atoms with E-state index in [-0.39, 0.29) is 11.7 Å². The second kappa shape index (κ2) is 10.5. The molecular weight excluding hydrogens is 588 g/mol. The van der Waals surface area contributed by atoms with E-state index >= 15 is 4.39 Å². The van der Waals surface area contributed by atoms with Gasteiger partial charge in [-0.1, -0.05) is 152 Å². The molecule has 0 amide bonds. The van der Waals surface area contributed by atoms with Crippen LogP contribution in [-0.2, 0) is 0 Å². The van der Waals surface area contributed by atoms with E-state index < -0.39 is 0 Å². The summed E-state index contributed by atoms with van der Waals surface area (Å²) in [5.41, 5.74) is 7.83. The second-order valence-corrected chi connectivity index (χ2v) is 12.8. The SMILES string of the molecule is Fc1c2ccccc2c(-c2cccc3oc4c(c23)C=CCC4c2c3ccccc3c(-c3ccccc3)c3ccccc23)c2ccccc12. The van der Waals surface area contributed by atoms with Crippen LogP contribution in [0.1, 0.15) is 29.2 Å². The normalized spacial score (nSPS) is 14.4. The van der Waals surface area contributed by atoms with E-state index in [0.717, 1.165) is 50.6 Å².